The second kappa shape index (κ2) is 11.2. The van der Waals surface area contributed by atoms with Gasteiger partial charge in [-0.3, -0.25) is 9.59 Å². The molecule has 0 saturated heterocycles. The van der Waals surface area contributed by atoms with Crippen molar-refractivity contribution in [2.45, 2.75) is 44.3 Å². The van der Waals surface area contributed by atoms with Crippen molar-refractivity contribution in [1.29, 1.82) is 0 Å². The number of fused-ring (bicyclic) bond motifs is 3. The van der Waals surface area contributed by atoms with Crippen molar-refractivity contribution in [3.05, 3.63) is 59.7 Å². The van der Waals surface area contributed by atoms with E-state index in [2.05, 4.69) is 5.32 Å². The Balaban J connectivity index is 1.43. The molecule has 0 aliphatic heterocycles. The van der Waals surface area contributed by atoms with Crippen LogP contribution in [0.1, 0.15) is 43.2 Å². The molecule has 2 aromatic carbocycles. The fraction of sp³-hybridized carbons (Fsp3) is 0.400. The van der Waals surface area contributed by atoms with Gasteiger partial charge in [0.15, 0.2) is 0 Å². The van der Waals surface area contributed by atoms with Crippen LogP contribution in [0.5, 0.6) is 0 Å². The number of alkyl halides is 3. The molecule has 3 N–H and O–H groups in total. The summed E-state index contributed by atoms with van der Waals surface area (Å²) in [5.41, 5.74) is 4.39. The van der Waals surface area contributed by atoms with Crippen LogP contribution in [0.3, 0.4) is 0 Å². The number of carbonyl (C=O) groups is 3. The van der Waals surface area contributed by atoms with E-state index in [0.29, 0.717) is 0 Å². The third kappa shape index (κ3) is 6.97. The maximum atomic E-state index is 12.9. The Hall–Kier alpha value is -3.56. The van der Waals surface area contributed by atoms with Crippen LogP contribution < -0.4 is 10.6 Å². The number of benzene rings is 2. The summed E-state index contributed by atoms with van der Waals surface area (Å²) in [5, 5.41) is 12.9. The molecule has 2 atom stereocenters. The number of nitrogens with one attached hydrogen (secondary N) is 2. The fourth-order valence-electron chi connectivity index (χ4n) is 4.08. The zero-order valence-corrected chi connectivity index (χ0v) is 19.1. The topological polar surface area (TPSA) is 105 Å². The van der Waals surface area contributed by atoms with E-state index in [1.807, 2.05) is 48.5 Å². The Kier molecular flexibility index (Phi) is 8.37. The highest BCUT2D eigenvalue weighted by Crippen LogP contribution is 2.44. The molecular weight excluding hydrogens is 465 g/mol. The van der Waals surface area contributed by atoms with Crippen molar-refractivity contribution in [1.82, 2.24) is 10.6 Å². The summed E-state index contributed by atoms with van der Waals surface area (Å²) in [6.07, 6.45) is -6.76. The van der Waals surface area contributed by atoms with Crippen molar-refractivity contribution in [3.63, 3.8) is 0 Å². The lowest BCUT2D eigenvalue weighted by atomic mass is 9.98. The van der Waals surface area contributed by atoms with E-state index < -0.39 is 36.6 Å². The zero-order chi connectivity index (χ0) is 25.6. The van der Waals surface area contributed by atoms with Crippen LogP contribution in [0.2, 0.25) is 0 Å². The molecule has 0 saturated carbocycles. The van der Waals surface area contributed by atoms with Gasteiger partial charge in [-0.15, -0.1) is 0 Å². The molecule has 2 unspecified atom stereocenters. The largest absolute Gasteiger partial charge is 0.481 e. The van der Waals surface area contributed by atoms with Gasteiger partial charge in [-0.25, -0.2) is 4.79 Å². The number of ether oxygens (including phenoxy) is 1. The SMILES string of the molecule is CC(CCC(=O)NC(CC(=O)O)C(F)(F)F)CNC(=O)OCC1c2ccccc2-c2ccccc21. The van der Waals surface area contributed by atoms with Crippen LogP contribution in [0, 0.1) is 5.92 Å². The second-order valence-electron chi connectivity index (χ2n) is 8.61. The highest BCUT2D eigenvalue weighted by Gasteiger charge is 2.42. The van der Waals surface area contributed by atoms with Gasteiger partial charge in [-0.1, -0.05) is 55.5 Å². The molecule has 2 aromatic rings. The molecule has 7 nitrogen and oxygen atoms in total. The monoisotopic (exact) mass is 492 g/mol. The summed E-state index contributed by atoms with van der Waals surface area (Å²) in [7, 11) is 0. The van der Waals surface area contributed by atoms with Crippen molar-refractivity contribution < 1.29 is 37.4 Å². The Morgan fingerprint density at radius 3 is 2.14 bits per heavy atom. The summed E-state index contributed by atoms with van der Waals surface area (Å²) in [6, 6.07) is 13.4. The third-order valence-corrected chi connectivity index (χ3v) is 5.91. The molecule has 0 radical (unpaired) electrons. The molecule has 0 fully saturated rings. The molecule has 3 rings (SSSR count). The average molecular weight is 492 g/mol. The van der Waals surface area contributed by atoms with Crippen molar-refractivity contribution in [2.75, 3.05) is 13.2 Å². The smallest absolute Gasteiger partial charge is 0.409 e. The van der Waals surface area contributed by atoms with Crippen molar-refractivity contribution in [2.24, 2.45) is 5.92 Å². The van der Waals surface area contributed by atoms with Gasteiger partial charge in [0.2, 0.25) is 5.91 Å². The lowest BCUT2D eigenvalue weighted by Gasteiger charge is -2.20. The predicted molar refractivity (Wildman–Crippen MR) is 122 cm³/mol. The first-order valence-corrected chi connectivity index (χ1v) is 11.2. The highest BCUT2D eigenvalue weighted by atomic mass is 19.4. The molecule has 0 heterocycles. The fourth-order valence-corrected chi connectivity index (χ4v) is 4.08. The average Bonchev–Trinajstić information content (AvgIpc) is 3.12. The minimum absolute atomic E-state index is 0.0818. The summed E-state index contributed by atoms with van der Waals surface area (Å²) >= 11 is 0. The first kappa shape index (κ1) is 26.1. The van der Waals surface area contributed by atoms with E-state index in [1.54, 1.807) is 12.2 Å². The zero-order valence-electron chi connectivity index (χ0n) is 19.1. The second-order valence-corrected chi connectivity index (χ2v) is 8.61. The molecule has 188 valence electrons. The standard InChI is InChI=1S/C25H27F3N2O5/c1-15(10-11-22(31)30-21(12-23(32)33)25(26,27)28)13-29-24(34)35-14-20-18-8-4-2-6-16(18)17-7-3-5-9-19(17)20/h2-9,15,20-21H,10-14H2,1H3,(H,29,34)(H,30,31)(H,32,33). The highest BCUT2D eigenvalue weighted by molar-refractivity contribution is 5.79. The van der Waals surface area contributed by atoms with Crippen molar-refractivity contribution in [3.8, 4) is 11.1 Å². The number of amides is 2. The molecule has 0 bridgehead atoms. The summed E-state index contributed by atoms with van der Waals surface area (Å²) in [5.74, 6) is -2.86. The van der Waals surface area contributed by atoms with Gasteiger partial charge in [-0.05, 0) is 34.6 Å². The molecule has 1 aliphatic rings. The maximum absolute atomic E-state index is 12.9. The van der Waals surface area contributed by atoms with E-state index in [4.69, 9.17) is 9.84 Å². The number of carboxylic acid groups (broad SMARTS) is 1. The van der Waals surface area contributed by atoms with Crippen molar-refractivity contribution >= 4 is 18.0 Å². The Morgan fingerprint density at radius 1 is 1.03 bits per heavy atom. The molecule has 1 aliphatic carbocycles. The van der Waals surface area contributed by atoms with E-state index in [-0.39, 0.29) is 37.8 Å². The van der Waals surface area contributed by atoms with Gasteiger partial charge in [0.1, 0.15) is 12.6 Å². The minimum atomic E-state index is -4.86. The normalized spacial score (nSPS) is 14.4. The summed E-state index contributed by atoms with van der Waals surface area (Å²) in [6.45, 7) is 2.05. The first-order valence-electron chi connectivity index (χ1n) is 11.2. The van der Waals surface area contributed by atoms with Gasteiger partial charge < -0.3 is 20.5 Å². The van der Waals surface area contributed by atoms with Gasteiger partial charge in [0.25, 0.3) is 0 Å². The molecule has 0 aromatic heterocycles. The van der Waals surface area contributed by atoms with Crippen LogP contribution in [0.25, 0.3) is 11.1 Å². The van der Waals surface area contributed by atoms with E-state index in [1.165, 1.54) is 0 Å². The number of hydrogen-bond donors (Lipinski definition) is 3. The molecule has 0 spiro atoms. The molecular formula is C25H27F3N2O5. The number of rotatable bonds is 10. The quantitative estimate of drug-likeness (QED) is 0.454. The Labute approximate surface area is 200 Å². The van der Waals surface area contributed by atoms with Crippen LogP contribution >= 0.6 is 0 Å². The number of carboxylic acids is 1. The Bertz CT molecular complexity index is 1030. The summed E-state index contributed by atoms with van der Waals surface area (Å²) < 4.78 is 44.0. The van der Waals surface area contributed by atoms with Crippen LogP contribution in [0.4, 0.5) is 18.0 Å². The number of halogens is 3. The van der Waals surface area contributed by atoms with Crippen LogP contribution in [-0.4, -0.2) is 48.4 Å². The van der Waals surface area contributed by atoms with Gasteiger partial charge in [-0.2, -0.15) is 13.2 Å². The van der Waals surface area contributed by atoms with Crippen LogP contribution in [-0.2, 0) is 14.3 Å². The van der Waals surface area contributed by atoms with E-state index in [0.717, 1.165) is 22.3 Å². The third-order valence-electron chi connectivity index (χ3n) is 5.91. The molecule has 35 heavy (non-hydrogen) atoms. The molecule has 10 heteroatoms. The number of aliphatic carboxylic acids is 1. The summed E-state index contributed by atoms with van der Waals surface area (Å²) in [4.78, 5) is 34.7. The maximum Gasteiger partial charge on any atom is 0.409 e. The van der Waals surface area contributed by atoms with Gasteiger partial charge >= 0.3 is 18.2 Å². The predicted octanol–water partition coefficient (Wildman–Crippen LogP) is 4.46. The van der Waals surface area contributed by atoms with E-state index >= 15 is 0 Å². The lowest BCUT2D eigenvalue weighted by Crippen LogP contribution is -2.46. The lowest BCUT2D eigenvalue weighted by molar-refractivity contribution is -0.170. The Morgan fingerprint density at radius 2 is 1.60 bits per heavy atom. The number of hydrogen-bond acceptors (Lipinski definition) is 4. The van der Waals surface area contributed by atoms with E-state index in [9.17, 15) is 27.6 Å². The van der Waals surface area contributed by atoms with Gasteiger partial charge in [0.05, 0.1) is 6.42 Å². The minimum Gasteiger partial charge on any atom is -0.481 e. The molecule has 2 amide bonds. The van der Waals surface area contributed by atoms with Gasteiger partial charge in [0, 0.05) is 18.9 Å². The first-order chi connectivity index (χ1) is 16.6. The van der Waals surface area contributed by atoms with Crippen LogP contribution in [0.15, 0.2) is 48.5 Å². The number of alkyl carbamates (subject to hydrolysis) is 1. The number of carbonyl (C=O) groups excluding carboxylic acids is 2.